The molecule has 3 rings (SSSR count). The fourth-order valence-electron chi connectivity index (χ4n) is 1.65. The van der Waals surface area contributed by atoms with Crippen LogP contribution < -0.4 is 4.41 Å². The molecule has 1 radical (unpaired) electrons. The van der Waals surface area contributed by atoms with Gasteiger partial charge in [-0.1, -0.05) is 48.5 Å². The SMILES string of the molecule is [O]S1=NC(c2ccccc2)=[15N]N1c1ccccc1. The van der Waals surface area contributed by atoms with Crippen LogP contribution in [-0.4, -0.2) is 5.84 Å². The average Bonchev–Trinajstić information content (AvgIpc) is 2.83. The Hall–Kier alpha value is -1.98. The van der Waals surface area contributed by atoms with Gasteiger partial charge < -0.3 is 0 Å². The normalized spacial score (nSPS) is 18.4. The highest BCUT2D eigenvalue weighted by molar-refractivity contribution is 7.83. The van der Waals surface area contributed by atoms with Gasteiger partial charge in [-0.3, -0.25) is 0 Å². The van der Waals surface area contributed by atoms with Gasteiger partial charge in [0, 0.05) is 5.56 Å². The number of rotatable bonds is 2. The van der Waals surface area contributed by atoms with Crippen molar-refractivity contribution in [3.63, 3.8) is 0 Å². The third kappa shape index (κ3) is 2.05. The first-order valence-corrected chi connectivity index (χ1v) is 6.54. The monoisotopic (exact) mass is 257 g/mol. The lowest BCUT2D eigenvalue weighted by atomic mass is 10.2. The molecule has 18 heavy (non-hydrogen) atoms. The van der Waals surface area contributed by atoms with Crippen molar-refractivity contribution in [2.24, 2.45) is 9.46 Å². The molecule has 89 valence electrons. The number of benzene rings is 2. The Morgan fingerprint density at radius 2 is 1.50 bits per heavy atom. The molecule has 2 aromatic carbocycles. The Bertz CT molecular complexity index is 611. The van der Waals surface area contributed by atoms with E-state index in [1.165, 1.54) is 4.41 Å². The molecule has 2 aromatic rings. The number of amidine groups is 1. The average molecular weight is 257 g/mol. The summed E-state index contributed by atoms with van der Waals surface area (Å²) in [5.74, 6) is 0.498. The number of nitrogens with zero attached hydrogens (tertiary/aromatic N) is 3. The van der Waals surface area contributed by atoms with Gasteiger partial charge in [0.15, 0.2) is 17.0 Å². The number of hydrogen-bond acceptors (Lipinski definition) is 3. The molecular formula is C13H10N3OS. The number of anilines is 1. The van der Waals surface area contributed by atoms with E-state index in [1.54, 1.807) is 0 Å². The van der Waals surface area contributed by atoms with Crippen LogP contribution in [-0.2, 0) is 15.7 Å². The molecule has 0 spiro atoms. The molecule has 5 heteroatoms. The molecule has 0 bridgehead atoms. The van der Waals surface area contributed by atoms with Gasteiger partial charge in [-0.2, -0.15) is 8.78 Å². The Morgan fingerprint density at radius 3 is 2.17 bits per heavy atom. The van der Waals surface area contributed by atoms with Crippen LogP contribution >= 0.6 is 0 Å². The van der Waals surface area contributed by atoms with Gasteiger partial charge in [0.2, 0.25) is 0 Å². The summed E-state index contributed by atoms with van der Waals surface area (Å²) in [6.07, 6.45) is 0. The highest BCUT2D eigenvalue weighted by atomic mass is 32.2. The summed E-state index contributed by atoms with van der Waals surface area (Å²) in [4.78, 5) is 0. The van der Waals surface area contributed by atoms with Crippen molar-refractivity contribution >= 4 is 22.7 Å². The molecule has 0 amide bonds. The summed E-state index contributed by atoms with van der Waals surface area (Å²) < 4.78 is 17.4. The van der Waals surface area contributed by atoms with Gasteiger partial charge in [-0.15, -0.1) is 9.65 Å². The van der Waals surface area contributed by atoms with Gasteiger partial charge in [0.1, 0.15) is 0 Å². The fourth-order valence-corrected chi connectivity index (χ4v) is 2.47. The van der Waals surface area contributed by atoms with Crippen molar-refractivity contribution < 1.29 is 4.55 Å². The van der Waals surface area contributed by atoms with Crippen LogP contribution in [0, 0.1) is 0 Å². The van der Waals surface area contributed by atoms with Crippen molar-refractivity contribution in [1.82, 2.24) is 0 Å². The maximum Gasteiger partial charge on any atom is 0.199 e. The Morgan fingerprint density at radius 1 is 0.889 bits per heavy atom. The summed E-state index contributed by atoms with van der Waals surface area (Å²) in [6, 6.07) is 18.9. The van der Waals surface area contributed by atoms with Crippen molar-refractivity contribution in [3.8, 4) is 0 Å². The van der Waals surface area contributed by atoms with E-state index in [1.807, 2.05) is 60.7 Å². The van der Waals surface area contributed by atoms with E-state index < -0.39 is 11.2 Å². The molecule has 0 fully saturated rings. The molecule has 1 aliphatic rings. The summed E-state index contributed by atoms with van der Waals surface area (Å²) in [7, 11) is 0. The summed E-state index contributed by atoms with van der Waals surface area (Å²) >= 11 is -1.49. The first kappa shape index (κ1) is 11.1. The number of para-hydroxylation sites is 1. The maximum atomic E-state index is 11.9. The minimum Gasteiger partial charge on any atom is -0.169 e. The predicted molar refractivity (Wildman–Crippen MR) is 72.4 cm³/mol. The Kier molecular flexibility index (Phi) is 2.92. The van der Waals surface area contributed by atoms with E-state index in [9.17, 15) is 4.55 Å². The van der Waals surface area contributed by atoms with Crippen LogP contribution in [0.4, 0.5) is 5.69 Å². The van der Waals surface area contributed by atoms with Crippen LogP contribution in [0.5, 0.6) is 0 Å². The molecule has 0 saturated carbocycles. The van der Waals surface area contributed by atoms with E-state index in [0.29, 0.717) is 5.84 Å². The topological polar surface area (TPSA) is 47.9 Å². The van der Waals surface area contributed by atoms with E-state index in [0.717, 1.165) is 11.3 Å². The third-order valence-electron chi connectivity index (χ3n) is 2.51. The van der Waals surface area contributed by atoms with Gasteiger partial charge in [0.25, 0.3) is 0 Å². The Labute approximate surface area is 108 Å². The summed E-state index contributed by atoms with van der Waals surface area (Å²) in [5, 5.41) is 4.29. The van der Waals surface area contributed by atoms with Gasteiger partial charge in [-0.05, 0) is 12.1 Å². The summed E-state index contributed by atoms with van der Waals surface area (Å²) in [5.41, 5.74) is 1.63. The highest BCUT2D eigenvalue weighted by Crippen LogP contribution is 2.22. The zero-order valence-electron chi connectivity index (χ0n) is 9.43. The van der Waals surface area contributed by atoms with Crippen molar-refractivity contribution in [2.45, 2.75) is 0 Å². The molecule has 1 heterocycles. The molecule has 0 aromatic heterocycles. The van der Waals surface area contributed by atoms with E-state index in [4.69, 9.17) is 0 Å². The van der Waals surface area contributed by atoms with Crippen LogP contribution in [0.2, 0.25) is 0 Å². The second-order valence-electron chi connectivity index (χ2n) is 3.72. The first-order chi connectivity index (χ1) is 8.84. The smallest absolute Gasteiger partial charge is 0.169 e. The van der Waals surface area contributed by atoms with Crippen LogP contribution in [0.1, 0.15) is 5.56 Å². The molecule has 0 N–H and O–H groups in total. The number of hydrogen-bond donors (Lipinski definition) is 0. The second kappa shape index (κ2) is 4.72. The molecular weight excluding hydrogens is 247 g/mol. The minimum absolute atomic E-state index is 0.498. The van der Waals surface area contributed by atoms with E-state index >= 15 is 0 Å². The van der Waals surface area contributed by atoms with Crippen molar-refractivity contribution in [3.05, 3.63) is 66.2 Å². The maximum absolute atomic E-state index is 11.9. The van der Waals surface area contributed by atoms with Gasteiger partial charge in [0.05, 0.1) is 5.69 Å². The van der Waals surface area contributed by atoms with Crippen molar-refractivity contribution in [1.29, 1.82) is 0 Å². The molecule has 4 nitrogen and oxygen atoms in total. The molecule has 1 atom stereocenters. The third-order valence-corrected chi connectivity index (χ3v) is 3.42. The van der Waals surface area contributed by atoms with E-state index in [-0.39, 0.29) is 0 Å². The first-order valence-electron chi connectivity index (χ1n) is 5.47. The van der Waals surface area contributed by atoms with E-state index in [2.05, 4.69) is 9.46 Å². The summed E-state index contributed by atoms with van der Waals surface area (Å²) in [6.45, 7) is 0. The lowest BCUT2D eigenvalue weighted by Crippen LogP contribution is -2.13. The second-order valence-corrected chi connectivity index (χ2v) is 4.71. The fraction of sp³-hybridized carbons (Fsp3) is 0. The van der Waals surface area contributed by atoms with Crippen LogP contribution in [0.15, 0.2) is 70.1 Å². The zero-order chi connectivity index (χ0) is 12.4. The standard InChI is InChI=1S/C13H10N3OS/c17-18-15-13(11-7-3-1-4-8-11)14-16(18)12-9-5-2-6-10-12/h1-10H/i14+1. The quantitative estimate of drug-likeness (QED) is 0.763. The molecule has 1 aliphatic heterocycles. The minimum atomic E-state index is -1.49. The van der Waals surface area contributed by atoms with Crippen LogP contribution in [0.25, 0.3) is 0 Å². The lowest BCUT2D eigenvalue weighted by Gasteiger charge is -2.10. The predicted octanol–water partition coefficient (Wildman–Crippen LogP) is 2.93. The number of hydrazone groups is 1. The van der Waals surface area contributed by atoms with Crippen molar-refractivity contribution in [2.75, 3.05) is 4.41 Å². The zero-order valence-corrected chi connectivity index (χ0v) is 10.2. The molecule has 1 unspecified atom stereocenters. The van der Waals surface area contributed by atoms with Crippen LogP contribution in [0.3, 0.4) is 0 Å². The molecule has 0 aliphatic carbocycles. The largest absolute Gasteiger partial charge is 0.199 e. The Balaban J connectivity index is 1.97. The highest BCUT2D eigenvalue weighted by Gasteiger charge is 2.20. The molecule has 0 saturated heterocycles. The van der Waals surface area contributed by atoms with Gasteiger partial charge in [-0.25, -0.2) is 0 Å². The van der Waals surface area contributed by atoms with Gasteiger partial charge >= 0.3 is 0 Å². The lowest BCUT2D eigenvalue weighted by molar-refractivity contribution is 0.517.